The second-order valence-corrected chi connectivity index (χ2v) is 10.1. The third-order valence-electron chi connectivity index (χ3n) is 8.75. The Labute approximate surface area is 168 Å². The molecule has 0 radical (unpaired) electrons. The zero-order chi connectivity index (χ0) is 21.6. The number of aliphatic hydroxyl groups excluding tert-OH is 1. The molecule has 1 unspecified atom stereocenters. The van der Waals surface area contributed by atoms with Crippen LogP contribution in [0.25, 0.3) is 0 Å². The van der Waals surface area contributed by atoms with Gasteiger partial charge < -0.3 is 15.3 Å². The third kappa shape index (κ3) is 2.29. The minimum atomic E-state index is -1.93. The summed E-state index contributed by atoms with van der Waals surface area (Å²) in [7, 11) is 0. The highest BCUT2D eigenvalue weighted by Crippen LogP contribution is 2.70. The zero-order valence-electron chi connectivity index (χ0n) is 17.0. The Bertz CT molecular complexity index is 863. The van der Waals surface area contributed by atoms with Crippen LogP contribution in [0.15, 0.2) is 23.6 Å². The molecule has 4 aliphatic carbocycles. The number of allylic oxidation sites excluding steroid dienone is 3. The summed E-state index contributed by atoms with van der Waals surface area (Å²) in [6.07, 6.45) is 2.55. The van der Waals surface area contributed by atoms with Crippen molar-refractivity contribution in [1.29, 1.82) is 0 Å². The molecule has 0 heterocycles. The first-order valence-electron chi connectivity index (χ1n) is 10.2. The van der Waals surface area contributed by atoms with Gasteiger partial charge in [0.15, 0.2) is 11.6 Å². The summed E-state index contributed by atoms with van der Waals surface area (Å²) < 4.78 is 32.0. The first kappa shape index (κ1) is 20.8. The molecule has 0 spiro atoms. The third-order valence-corrected chi connectivity index (χ3v) is 8.75. The zero-order valence-corrected chi connectivity index (χ0v) is 17.0. The van der Waals surface area contributed by atoms with Crippen molar-refractivity contribution < 1.29 is 33.7 Å². The smallest absolute Gasteiger partial charge is 0.190 e. The monoisotopic (exact) mass is 410 g/mol. The van der Waals surface area contributed by atoms with E-state index in [4.69, 9.17) is 0 Å². The Hall–Kier alpha value is -1.44. The largest absolute Gasteiger partial charge is 0.388 e. The van der Waals surface area contributed by atoms with Gasteiger partial charge in [0.1, 0.15) is 29.3 Å². The van der Waals surface area contributed by atoms with Crippen LogP contribution in [-0.2, 0) is 9.59 Å². The standard InChI is InChI=1S/C22H28F2O5/c1-18-6-7-21(24)13(12(18)4-5-22(18,29)17(27)10-25)8-15(23)14-9-16(26)20(3,28)11-19(14,21)2/h8-9,12-13,25,28-29H,4-7,10-11H2,1-3H3/t12-,13-,18-,19-,20?,21+,22-/m0/s1. The molecule has 2 saturated carbocycles. The lowest BCUT2D eigenvalue weighted by molar-refractivity contribution is -0.179. The molecule has 2 fully saturated rings. The van der Waals surface area contributed by atoms with Gasteiger partial charge >= 0.3 is 0 Å². The molecule has 0 aromatic heterocycles. The van der Waals surface area contributed by atoms with Crippen molar-refractivity contribution in [2.24, 2.45) is 22.7 Å². The predicted octanol–water partition coefficient (Wildman–Crippen LogP) is 2.34. The number of hydrogen-bond donors (Lipinski definition) is 3. The van der Waals surface area contributed by atoms with Gasteiger partial charge in [-0.1, -0.05) is 13.8 Å². The fourth-order valence-corrected chi connectivity index (χ4v) is 6.92. The highest BCUT2D eigenvalue weighted by Gasteiger charge is 2.72. The molecular weight excluding hydrogens is 382 g/mol. The number of halogens is 2. The molecule has 0 amide bonds. The van der Waals surface area contributed by atoms with Crippen LogP contribution in [0, 0.1) is 22.7 Å². The lowest BCUT2D eigenvalue weighted by Crippen LogP contribution is -2.65. The molecule has 4 aliphatic rings. The second-order valence-electron chi connectivity index (χ2n) is 10.1. The van der Waals surface area contributed by atoms with E-state index in [9.17, 15) is 24.9 Å². The van der Waals surface area contributed by atoms with E-state index in [-0.39, 0.29) is 31.3 Å². The van der Waals surface area contributed by atoms with E-state index in [1.165, 1.54) is 13.0 Å². The van der Waals surface area contributed by atoms with Gasteiger partial charge in [-0.25, -0.2) is 8.78 Å². The number of aliphatic hydroxyl groups is 3. The Balaban J connectivity index is 1.85. The van der Waals surface area contributed by atoms with Gasteiger partial charge in [0.05, 0.1) is 0 Å². The fourth-order valence-electron chi connectivity index (χ4n) is 6.92. The topological polar surface area (TPSA) is 94.8 Å². The average molecular weight is 410 g/mol. The Morgan fingerprint density at radius 1 is 1.21 bits per heavy atom. The van der Waals surface area contributed by atoms with Crippen LogP contribution in [0.5, 0.6) is 0 Å². The number of carbonyl (C=O) groups is 2. The summed E-state index contributed by atoms with van der Waals surface area (Å²) in [6, 6.07) is 0. The van der Waals surface area contributed by atoms with Crippen LogP contribution in [0.2, 0.25) is 0 Å². The number of alkyl halides is 1. The van der Waals surface area contributed by atoms with E-state index < -0.39 is 63.5 Å². The van der Waals surface area contributed by atoms with Gasteiger partial charge in [-0.05, 0) is 57.1 Å². The van der Waals surface area contributed by atoms with Crippen LogP contribution in [-0.4, -0.2) is 50.4 Å². The molecule has 0 aromatic rings. The minimum absolute atomic E-state index is 0.0175. The SMILES string of the molecule is CC1(O)C[C@@]2(C)C(=CC1=O)C(F)=C[C@H]1[C@@H]3CC[C@](O)(C(=O)CO)[C@@]3(C)CC[C@@]12F. The molecular formula is C22H28F2O5. The van der Waals surface area contributed by atoms with E-state index in [0.717, 1.165) is 6.08 Å². The van der Waals surface area contributed by atoms with Crippen molar-refractivity contribution in [1.82, 2.24) is 0 Å². The molecule has 0 aromatic carbocycles. The maximum absolute atomic E-state index is 16.8. The number of carbonyl (C=O) groups excluding carboxylic acids is 2. The molecule has 29 heavy (non-hydrogen) atoms. The molecule has 4 rings (SSSR count). The Morgan fingerprint density at radius 3 is 2.48 bits per heavy atom. The number of fused-ring (bicyclic) bond motifs is 5. The van der Waals surface area contributed by atoms with Crippen molar-refractivity contribution in [3.63, 3.8) is 0 Å². The predicted molar refractivity (Wildman–Crippen MR) is 100 cm³/mol. The van der Waals surface area contributed by atoms with Crippen LogP contribution in [0.1, 0.15) is 52.9 Å². The van der Waals surface area contributed by atoms with Crippen molar-refractivity contribution in [3.8, 4) is 0 Å². The van der Waals surface area contributed by atoms with Gasteiger partial charge in [0, 0.05) is 22.3 Å². The van der Waals surface area contributed by atoms with Crippen molar-refractivity contribution in [3.05, 3.63) is 23.6 Å². The summed E-state index contributed by atoms with van der Waals surface area (Å²) in [4.78, 5) is 24.6. The molecule has 5 nitrogen and oxygen atoms in total. The van der Waals surface area contributed by atoms with Crippen LogP contribution >= 0.6 is 0 Å². The molecule has 3 N–H and O–H groups in total. The van der Waals surface area contributed by atoms with Gasteiger partial charge in [-0.2, -0.15) is 0 Å². The van der Waals surface area contributed by atoms with Crippen LogP contribution < -0.4 is 0 Å². The lowest BCUT2D eigenvalue weighted by atomic mass is 9.45. The molecule has 0 aliphatic heterocycles. The maximum atomic E-state index is 16.8. The molecule has 0 saturated heterocycles. The van der Waals surface area contributed by atoms with Crippen LogP contribution in [0.4, 0.5) is 8.78 Å². The number of ketones is 2. The highest BCUT2D eigenvalue weighted by atomic mass is 19.1. The molecule has 0 bridgehead atoms. The molecule has 7 atom stereocenters. The van der Waals surface area contributed by atoms with E-state index in [1.807, 2.05) is 0 Å². The fraction of sp³-hybridized carbons (Fsp3) is 0.727. The number of Topliss-reactive ketones (excluding diaryl/α,β-unsaturated/α-hetero) is 1. The van der Waals surface area contributed by atoms with Gasteiger partial charge in [-0.3, -0.25) is 9.59 Å². The van der Waals surface area contributed by atoms with E-state index in [1.54, 1.807) is 13.8 Å². The Kier molecular flexibility index (Phi) is 4.18. The summed E-state index contributed by atoms with van der Waals surface area (Å²) >= 11 is 0. The van der Waals surface area contributed by atoms with E-state index in [2.05, 4.69) is 0 Å². The summed E-state index contributed by atoms with van der Waals surface area (Å²) in [5.74, 6) is -3.42. The van der Waals surface area contributed by atoms with Crippen molar-refractivity contribution >= 4 is 11.6 Å². The first-order valence-corrected chi connectivity index (χ1v) is 10.2. The van der Waals surface area contributed by atoms with Gasteiger partial charge in [0.2, 0.25) is 0 Å². The number of hydrogen-bond acceptors (Lipinski definition) is 5. The summed E-state index contributed by atoms with van der Waals surface area (Å²) in [5.41, 5.74) is -7.91. The van der Waals surface area contributed by atoms with E-state index >= 15 is 8.78 Å². The number of rotatable bonds is 2. The Morgan fingerprint density at radius 2 is 1.86 bits per heavy atom. The second kappa shape index (κ2) is 5.83. The minimum Gasteiger partial charge on any atom is -0.388 e. The van der Waals surface area contributed by atoms with Crippen LogP contribution in [0.3, 0.4) is 0 Å². The van der Waals surface area contributed by atoms with Crippen molar-refractivity contribution in [2.75, 3.05) is 6.61 Å². The lowest BCUT2D eigenvalue weighted by Gasteiger charge is -2.61. The summed E-state index contributed by atoms with van der Waals surface area (Å²) in [6.45, 7) is 3.80. The molecule has 160 valence electrons. The first-order chi connectivity index (χ1) is 13.3. The molecule has 7 heteroatoms. The van der Waals surface area contributed by atoms with Gasteiger partial charge in [0.25, 0.3) is 0 Å². The maximum Gasteiger partial charge on any atom is 0.190 e. The average Bonchev–Trinajstić information content (AvgIpc) is 2.91. The van der Waals surface area contributed by atoms with Gasteiger partial charge in [-0.15, -0.1) is 0 Å². The quantitative estimate of drug-likeness (QED) is 0.650. The highest BCUT2D eigenvalue weighted by molar-refractivity contribution is 5.99. The normalized spacial score (nSPS) is 51.5. The summed E-state index contributed by atoms with van der Waals surface area (Å²) in [5, 5.41) is 31.0. The van der Waals surface area contributed by atoms with Crippen molar-refractivity contribution in [2.45, 2.75) is 69.7 Å². The van der Waals surface area contributed by atoms with E-state index in [0.29, 0.717) is 6.42 Å².